The Labute approximate surface area is 173 Å². The van der Waals surface area contributed by atoms with Gasteiger partial charge >= 0.3 is 0 Å². The minimum Gasteiger partial charge on any atom is -0.397 e. The standard InChI is InChI=1S/C26H29N3/c1-16-7-10-19(11-8-16)28-23-14-12-21-24(15-17(2)25(21)26(23)27)29-22-13-9-18-5-3-4-6-20(18)22/h3-8,10-12,14-15,17-18,20,22,28-29H,9,13,27H2,1-2H3. The van der Waals surface area contributed by atoms with Gasteiger partial charge in [0.15, 0.2) is 0 Å². The molecule has 1 saturated carbocycles. The van der Waals surface area contributed by atoms with Crippen LogP contribution in [0.5, 0.6) is 0 Å². The van der Waals surface area contributed by atoms with E-state index in [2.05, 4.69) is 91.3 Å². The van der Waals surface area contributed by atoms with E-state index in [0.717, 1.165) is 17.1 Å². The molecular weight excluding hydrogens is 354 g/mol. The summed E-state index contributed by atoms with van der Waals surface area (Å²) in [6.07, 6.45) is 14.0. The highest BCUT2D eigenvalue weighted by molar-refractivity contribution is 5.86. The molecule has 4 N–H and O–H groups in total. The lowest BCUT2D eigenvalue weighted by atomic mass is 9.89. The smallest absolute Gasteiger partial charge is 0.0621 e. The summed E-state index contributed by atoms with van der Waals surface area (Å²) in [5.41, 5.74) is 14.5. The molecule has 3 heteroatoms. The fraction of sp³-hybridized carbons (Fsp3) is 0.308. The first kappa shape index (κ1) is 18.1. The predicted molar refractivity (Wildman–Crippen MR) is 123 cm³/mol. The zero-order chi connectivity index (χ0) is 20.0. The topological polar surface area (TPSA) is 50.1 Å². The van der Waals surface area contributed by atoms with Gasteiger partial charge in [0.1, 0.15) is 0 Å². The van der Waals surface area contributed by atoms with E-state index in [9.17, 15) is 0 Å². The summed E-state index contributed by atoms with van der Waals surface area (Å²) < 4.78 is 0. The number of allylic oxidation sites excluding steroid dienone is 4. The number of hydrogen-bond acceptors (Lipinski definition) is 3. The maximum Gasteiger partial charge on any atom is 0.0621 e. The summed E-state index contributed by atoms with van der Waals surface area (Å²) in [4.78, 5) is 0. The van der Waals surface area contributed by atoms with E-state index in [4.69, 9.17) is 5.73 Å². The number of hydrogen-bond donors (Lipinski definition) is 3. The second kappa shape index (κ2) is 7.14. The maximum atomic E-state index is 6.64. The van der Waals surface area contributed by atoms with Gasteiger partial charge in [0, 0.05) is 34.8 Å². The van der Waals surface area contributed by atoms with E-state index in [1.54, 1.807) is 0 Å². The fourth-order valence-corrected chi connectivity index (χ4v) is 5.14. The van der Waals surface area contributed by atoms with Gasteiger partial charge in [-0.25, -0.2) is 0 Å². The van der Waals surface area contributed by atoms with Crippen LogP contribution in [0.15, 0.2) is 66.8 Å². The Morgan fingerprint density at radius 1 is 0.966 bits per heavy atom. The van der Waals surface area contributed by atoms with Gasteiger partial charge in [-0.1, -0.05) is 61.1 Å². The van der Waals surface area contributed by atoms with Crippen LogP contribution in [0.1, 0.15) is 42.4 Å². The third-order valence-electron chi connectivity index (χ3n) is 6.69. The maximum absolute atomic E-state index is 6.64. The minimum absolute atomic E-state index is 0.311. The lowest BCUT2D eigenvalue weighted by Gasteiger charge is -2.25. The normalized spacial score (nSPS) is 26.8. The molecule has 4 unspecified atom stereocenters. The lowest BCUT2D eigenvalue weighted by molar-refractivity contribution is 0.471. The van der Waals surface area contributed by atoms with E-state index in [-0.39, 0.29) is 0 Å². The van der Waals surface area contributed by atoms with Crippen molar-refractivity contribution >= 4 is 22.8 Å². The van der Waals surface area contributed by atoms with E-state index >= 15 is 0 Å². The molecule has 4 atom stereocenters. The number of aryl methyl sites for hydroxylation is 1. The number of nitrogens with two attached hydrogens (primary N) is 1. The van der Waals surface area contributed by atoms with Crippen LogP contribution < -0.4 is 16.4 Å². The molecule has 29 heavy (non-hydrogen) atoms. The first-order valence-electron chi connectivity index (χ1n) is 10.7. The van der Waals surface area contributed by atoms with Gasteiger partial charge in [0.05, 0.1) is 11.4 Å². The number of anilines is 3. The molecule has 0 radical (unpaired) electrons. The summed E-state index contributed by atoms with van der Waals surface area (Å²) in [6.45, 7) is 4.33. The molecule has 3 aliphatic rings. The molecule has 0 aromatic heterocycles. The van der Waals surface area contributed by atoms with Crippen LogP contribution in [0.2, 0.25) is 0 Å². The van der Waals surface area contributed by atoms with Gasteiger partial charge < -0.3 is 16.4 Å². The van der Waals surface area contributed by atoms with Gasteiger partial charge in [-0.15, -0.1) is 0 Å². The fourth-order valence-electron chi connectivity index (χ4n) is 5.14. The van der Waals surface area contributed by atoms with Crippen LogP contribution in [0.25, 0.3) is 5.70 Å². The second-order valence-corrected chi connectivity index (χ2v) is 8.69. The molecular formula is C26H29N3. The van der Waals surface area contributed by atoms with Gasteiger partial charge in [-0.05, 0) is 49.4 Å². The lowest BCUT2D eigenvalue weighted by Crippen LogP contribution is -2.32. The number of nitrogen functional groups attached to an aromatic ring is 1. The van der Waals surface area contributed by atoms with Gasteiger partial charge in [0.2, 0.25) is 0 Å². The van der Waals surface area contributed by atoms with Crippen molar-refractivity contribution in [1.29, 1.82) is 0 Å². The highest BCUT2D eigenvalue weighted by Gasteiger charge is 2.35. The molecule has 0 aliphatic heterocycles. The molecule has 2 aromatic carbocycles. The third-order valence-corrected chi connectivity index (χ3v) is 6.69. The molecule has 0 saturated heterocycles. The second-order valence-electron chi connectivity index (χ2n) is 8.69. The average Bonchev–Trinajstić information content (AvgIpc) is 3.27. The monoisotopic (exact) mass is 383 g/mol. The van der Waals surface area contributed by atoms with Crippen molar-refractivity contribution in [1.82, 2.24) is 5.32 Å². The number of nitrogens with one attached hydrogen (secondary N) is 2. The Kier molecular flexibility index (Phi) is 4.46. The number of fused-ring (bicyclic) bond motifs is 2. The van der Waals surface area contributed by atoms with Crippen molar-refractivity contribution in [2.45, 2.75) is 38.6 Å². The first-order chi connectivity index (χ1) is 14.1. The summed E-state index contributed by atoms with van der Waals surface area (Å²) in [7, 11) is 0. The van der Waals surface area contributed by atoms with Crippen molar-refractivity contribution < 1.29 is 0 Å². The van der Waals surface area contributed by atoms with Crippen molar-refractivity contribution in [2.24, 2.45) is 11.8 Å². The number of rotatable bonds is 4. The molecule has 0 bridgehead atoms. The summed E-state index contributed by atoms with van der Waals surface area (Å²) in [5.74, 6) is 1.59. The highest BCUT2D eigenvalue weighted by atomic mass is 15.0. The molecule has 5 rings (SSSR count). The largest absolute Gasteiger partial charge is 0.397 e. The Morgan fingerprint density at radius 3 is 2.59 bits per heavy atom. The molecule has 148 valence electrons. The molecule has 0 amide bonds. The Bertz CT molecular complexity index is 1010. The van der Waals surface area contributed by atoms with Gasteiger partial charge in [-0.2, -0.15) is 0 Å². The van der Waals surface area contributed by atoms with E-state index < -0.39 is 0 Å². The summed E-state index contributed by atoms with van der Waals surface area (Å²) in [5, 5.41) is 7.36. The quantitative estimate of drug-likeness (QED) is 0.577. The van der Waals surface area contributed by atoms with Crippen LogP contribution in [-0.4, -0.2) is 6.04 Å². The Hall–Kier alpha value is -2.94. The molecule has 0 heterocycles. The minimum atomic E-state index is 0.311. The third kappa shape index (κ3) is 3.25. The molecule has 0 spiro atoms. The van der Waals surface area contributed by atoms with Crippen molar-refractivity contribution in [3.63, 3.8) is 0 Å². The average molecular weight is 384 g/mol. The van der Waals surface area contributed by atoms with Crippen LogP contribution in [0.3, 0.4) is 0 Å². The van der Waals surface area contributed by atoms with Crippen LogP contribution in [0.4, 0.5) is 17.1 Å². The molecule has 3 aliphatic carbocycles. The summed E-state index contributed by atoms with van der Waals surface area (Å²) in [6, 6.07) is 13.2. The van der Waals surface area contributed by atoms with Crippen LogP contribution in [-0.2, 0) is 0 Å². The Balaban J connectivity index is 1.38. The molecule has 3 nitrogen and oxygen atoms in total. The van der Waals surface area contributed by atoms with Gasteiger partial charge in [-0.3, -0.25) is 0 Å². The zero-order valence-corrected chi connectivity index (χ0v) is 17.2. The van der Waals surface area contributed by atoms with Crippen molar-refractivity contribution in [2.75, 3.05) is 11.1 Å². The van der Waals surface area contributed by atoms with E-state index in [1.807, 2.05) is 0 Å². The van der Waals surface area contributed by atoms with Crippen molar-refractivity contribution in [3.8, 4) is 0 Å². The molecule has 2 aromatic rings. The SMILES string of the molecule is Cc1ccc(Nc2ccc3c(c2N)C(C)C=C3NC2CCC3C=CC=CC32)cc1. The van der Waals surface area contributed by atoms with Crippen LogP contribution in [0, 0.1) is 18.8 Å². The van der Waals surface area contributed by atoms with Gasteiger partial charge in [0.25, 0.3) is 0 Å². The predicted octanol–water partition coefficient (Wildman–Crippen LogP) is 5.89. The number of benzene rings is 2. The highest BCUT2D eigenvalue weighted by Crippen LogP contribution is 2.44. The first-order valence-corrected chi connectivity index (χ1v) is 10.7. The van der Waals surface area contributed by atoms with E-state index in [1.165, 1.54) is 35.2 Å². The van der Waals surface area contributed by atoms with E-state index in [0.29, 0.717) is 23.8 Å². The van der Waals surface area contributed by atoms with Crippen LogP contribution >= 0.6 is 0 Å². The van der Waals surface area contributed by atoms with Crippen molar-refractivity contribution in [3.05, 3.63) is 83.5 Å². The molecule has 1 fully saturated rings. The Morgan fingerprint density at radius 2 is 1.76 bits per heavy atom. The zero-order valence-electron chi connectivity index (χ0n) is 17.2. The summed E-state index contributed by atoms with van der Waals surface area (Å²) >= 11 is 0.